The van der Waals surface area contributed by atoms with Gasteiger partial charge in [-0.15, -0.1) is 0 Å². The molecule has 0 aliphatic carbocycles. The van der Waals surface area contributed by atoms with Crippen molar-refractivity contribution in [2.45, 2.75) is 161 Å². The summed E-state index contributed by atoms with van der Waals surface area (Å²) in [5.41, 5.74) is 0. The highest BCUT2D eigenvalue weighted by molar-refractivity contribution is 5.80. The summed E-state index contributed by atoms with van der Waals surface area (Å²) < 4.78 is 0. The predicted molar refractivity (Wildman–Crippen MR) is 162 cm³/mol. The summed E-state index contributed by atoms with van der Waals surface area (Å²) in [5.74, 6) is -0.528. The van der Waals surface area contributed by atoms with Crippen LogP contribution in [0.1, 0.15) is 142 Å². The Hall–Kier alpha value is -1.43. The number of allylic oxidation sites excluding steroid dienone is 5. The molecule has 222 valence electrons. The summed E-state index contributed by atoms with van der Waals surface area (Å²) in [4.78, 5) is 12.3. The molecule has 38 heavy (non-hydrogen) atoms. The smallest absolute Gasteiger partial charge is 0.249 e. The summed E-state index contributed by atoms with van der Waals surface area (Å²) in [6.07, 6.45) is 33.0. The van der Waals surface area contributed by atoms with Crippen molar-refractivity contribution >= 4 is 5.91 Å². The van der Waals surface area contributed by atoms with E-state index in [2.05, 4.69) is 43.5 Å². The number of rotatable bonds is 27. The minimum absolute atomic E-state index is 0.381. The van der Waals surface area contributed by atoms with Crippen LogP contribution in [0.25, 0.3) is 0 Å². The normalized spacial score (nSPS) is 14.6. The molecule has 0 fully saturated rings. The van der Waals surface area contributed by atoms with Crippen LogP contribution in [-0.2, 0) is 4.79 Å². The van der Waals surface area contributed by atoms with E-state index >= 15 is 0 Å². The number of aliphatic hydroxyl groups excluding tert-OH is 3. The van der Waals surface area contributed by atoms with E-state index in [1.807, 2.05) is 6.08 Å². The second-order valence-electron chi connectivity index (χ2n) is 10.6. The van der Waals surface area contributed by atoms with Crippen molar-refractivity contribution in [1.29, 1.82) is 0 Å². The third kappa shape index (κ3) is 23.7. The fraction of sp³-hybridized carbons (Fsp3) is 0.788. The average Bonchev–Trinajstić information content (AvgIpc) is 2.92. The van der Waals surface area contributed by atoms with Crippen molar-refractivity contribution in [1.82, 2.24) is 5.32 Å². The van der Waals surface area contributed by atoms with Gasteiger partial charge in [-0.3, -0.25) is 4.79 Å². The third-order valence-corrected chi connectivity index (χ3v) is 6.95. The van der Waals surface area contributed by atoms with E-state index in [9.17, 15) is 20.1 Å². The fourth-order valence-electron chi connectivity index (χ4n) is 4.35. The van der Waals surface area contributed by atoms with Crippen LogP contribution in [0.5, 0.6) is 0 Å². The van der Waals surface area contributed by atoms with Crippen LogP contribution in [0.4, 0.5) is 0 Å². The molecule has 0 aliphatic rings. The lowest BCUT2D eigenvalue weighted by molar-refractivity contribution is -0.131. The minimum Gasteiger partial charge on any atom is -0.394 e. The zero-order valence-electron chi connectivity index (χ0n) is 24.8. The van der Waals surface area contributed by atoms with Gasteiger partial charge in [-0.1, -0.05) is 127 Å². The monoisotopic (exact) mass is 535 g/mol. The molecule has 0 spiro atoms. The highest BCUT2D eigenvalue weighted by Gasteiger charge is 2.22. The molecular weight excluding hydrogens is 474 g/mol. The van der Waals surface area contributed by atoms with Crippen molar-refractivity contribution in [2.24, 2.45) is 0 Å². The molecule has 0 saturated heterocycles. The Balaban J connectivity index is 3.90. The second-order valence-corrected chi connectivity index (χ2v) is 10.6. The molecule has 0 rings (SSSR count). The molecule has 0 aromatic carbocycles. The number of aliphatic hydroxyl groups is 3. The van der Waals surface area contributed by atoms with Gasteiger partial charge in [0.25, 0.3) is 0 Å². The number of nitrogens with one attached hydrogen (secondary N) is 1. The molecule has 0 bridgehead atoms. The Bertz CT molecular complexity index is 602. The SMILES string of the molecule is CCCC/C=C\CCCCCCC(O)C(=O)NC(CO)C(O)/C=C/CC/C=C/CCCCCCCCCC. The summed E-state index contributed by atoms with van der Waals surface area (Å²) in [5, 5.41) is 32.7. The third-order valence-electron chi connectivity index (χ3n) is 6.95. The molecule has 3 atom stereocenters. The van der Waals surface area contributed by atoms with Crippen molar-refractivity contribution in [3.63, 3.8) is 0 Å². The van der Waals surface area contributed by atoms with E-state index in [0.29, 0.717) is 6.42 Å². The molecule has 0 aromatic heterocycles. The van der Waals surface area contributed by atoms with Gasteiger partial charge in [-0.05, 0) is 51.4 Å². The lowest BCUT2D eigenvalue weighted by atomic mass is 10.1. The molecule has 0 aliphatic heterocycles. The van der Waals surface area contributed by atoms with Crippen molar-refractivity contribution < 1.29 is 20.1 Å². The quantitative estimate of drug-likeness (QED) is 0.0641. The number of carbonyl (C=O) groups is 1. The van der Waals surface area contributed by atoms with Gasteiger partial charge in [0.15, 0.2) is 0 Å². The molecule has 4 N–H and O–H groups in total. The van der Waals surface area contributed by atoms with Gasteiger partial charge in [-0.25, -0.2) is 0 Å². The van der Waals surface area contributed by atoms with Crippen molar-refractivity contribution in [2.75, 3.05) is 6.61 Å². The van der Waals surface area contributed by atoms with Crippen molar-refractivity contribution in [3.8, 4) is 0 Å². The van der Waals surface area contributed by atoms with Gasteiger partial charge in [0.05, 0.1) is 18.8 Å². The molecule has 0 heterocycles. The first-order valence-electron chi connectivity index (χ1n) is 15.8. The highest BCUT2D eigenvalue weighted by atomic mass is 16.3. The van der Waals surface area contributed by atoms with E-state index in [1.165, 1.54) is 64.2 Å². The number of hydrogen-bond acceptors (Lipinski definition) is 4. The van der Waals surface area contributed by atoms with E-state index in [1.54, 1.807) is 6.08 Å². The summed E-state index contributed by atoms with van der Waals surface area (Å²) >= 11 is 0. The van der Waals surface area contributed by atoms with Gasteiger partial charge in [-0.2, -0.15) is 0 Å². The predicted octanol–water partition coefficient (Wildman–Crippen LogP) is 7.70. The molecule has 0 aromatic rings. The maximum atomic E-state index is 12.3. The Kier molecular flexibility index (Phi) is 27.5. The van der Waals surface area contributed by atoms with Crippen LogP contribution in [0.15, 0.2) is 36.5 Å². The van der Waals surface area contributed by atoms with Crippen molar-refractivity contribution in [3.05, 3.63) is 36.5 Å². The molecule has 5 nitrogen and oxygen atoms in total. The Morgan fingerprint density at radius 2 is 1.11 bits per heavy atom. The van der Waals surface area contributed by atoms with Gasteiger partial charge in [0.1, 0.15) is 6.10 Å². The Morgan fingerprint density at radius 3 is 1.68 bits per heavy atom. The molecular formula is C33H61NO4. The summed E-state index contributed by atoms with van der Waals surface area (Å²) in [7, 11) is 0. The molecule has 1 amide bonds. The van der Waals surface area contributed by atoms with E-state index in [0.717, 1.165) is 57.8 Å². The van der Waals surface area contributed by atoms with Gasteiger partial charge in [0.2, 0.25) is 5.91 Å². The largest absolute Gasteiger partial charge is 0.394 e. The van der Waals surface area contributed by atoms with Gasteiger partial charge in [0, 0.05) is 0 Å². The van der Waals surface area contributed by atoms with Crippen LogP contribution in [0.3, 0.4) is 0 Å². The zero-order chi connectivity index (χ0) is 28.1. The number of amides is 1. The van der Waals surface area contributed by atoms with Gasteiger partial charge >= 0.3 is 0 Å². The highest BCUT2D eigenvalue weighted by Crippen LogP contribution is 2.11. The maximum Gasteiger partial charge on any atom is 0.249 e. The first-order chi connectivity index (χ1) is 18.6. The van der Waals surface area contributed by atoms with E-state index in [-0.39, 0.29) is 6.61 Å². The Labute approximate surface area is 234 Å². The van der Waals surface area contributed by atoms with Crippen LogP contribution in [0, 0.1) is 0 Å². The lowest BCUT2D eigenvalue weighted by Gasteiger charge is -2.21. The lowest BCUT2D eigenvalue weighted by Crippen LogP contribution is -2.48. The molecule has 5 heteroatoms. The fourth-order valence-corrected chi connectivity index (χ4v) is 4.35. The standard InChI is InChI=1S/C33H61NO4/c1-3-5-7-9-11-13-15-16-17-18-20-21-23-25-27-31(36)30(29-35)34-33(38)32(37)28-26-24-22-19-14-12-10-8-6-4-2/h10,12,18,20,25,27,30-32,35-37H,3-9,11,13-17,19,21-24,26,28-29H2,1-2H3,(H,34,38)/b12-10-,20-18+,27-25+. The first kappa shape index (κ1) is 36.6. The zero-order valence-corrected chi connectivity index (χ0v) is 24.8. The number of unbranched alkanes of at least 4 members (excludes halogenated alkanes) is 15. The molecule has 3 unspecified atom stereocenters. The van der Waals surface area contributed by atoms with Crippen LogP contribution >= 0.6 is 0 Å². The number of carbonyl (C=O) groups excluding carboxylic acids is 1. The first-order valence-corrected chi connectivity index (χ1v) is 15.8. The van der Waals surface area contributed by atoms with Crippen LogP contribution in [0.2, 0.25) is 0 Å². The topological polar surface area (TPSA) is 89.8 Å². The summed E-state index contributed by atoms with van der Waals surface area (Å²) in [6.45, 7) is 4.07. The van der Waals surface area contributed by atoms with Crippen LogP contribution < -0.4 is 5.32 Å². The van der Waals surface area contributed by atoms with Gasteiger partial charge < -0.3 is 20.6 Å². The molecule has 0 saturated carbocycles. The number of hydrogen-bond donors (Lipinski definition) is 4. The van der Waals surface area contributed by atoms with Crippen LogP contribution in [-0.4, -0.2) is 46.1 Å². The maximum absolute atomic E-state index is 12.3. The summed E-state index contributed by atoms with van der Waals surface area (Å²) in [6, 6.07) is -0.814. The average molecular weight is 536 g/mol. The molecule has 0 radical (unpaired) electrons. The Morgan fingerprint density at radius 1 is 0.632 bits per heavy atom. The second kappa shape index (κ2) is 28.6. The van der Waals surface area contributed by atoms with E-state index < -0.39 is 24.2 Å². The minimum atomic E-state index is -1.11. The van der Waals surface area contributed by atoms with E-state index in [4.69, 9.17) is 0 Å².